The fraction of sp³-hybridized carbons (Fsp3) is 0.312. The first-order valence-electron chi connectivity index (χ1n) is 7.10. The lowest BCUT2D eigenvalue weighted by Crippen LogP contribution is -2.29. The Morgan fingerprint density at radius 1 is 1.23 bits per heavy atom. The topological polar surface area (TPSA) is 38.8 Å². The molecule has 2 heterocycles. The van der Waals surface area contributed by atoms with Crippen LogP contribution in [0.15, 0.2) is 30.3 Å². The van der Waals surface area contributed by atoms with Gasteiger partial charge in [0.1, 0.15) is 13.2 Å². The predicted octanol–water partition coefficient (Wildman–Crippen LogP) is 3.84. The number of fused-ring (bicyclic) bond motifs is 1. The van der Waals surface area contributed by atoms with Gasteiger partial charge in [0, 0.05) is 13.1 Å². The molecule has 6 heteroatoms. The summed E-state index contributed by atoms with van der Waals surface area (Å²) in [4.78, 5) is 14.9. The highest BCUT2D eigenvalue weighted by Crippen LogP contribution is 2.31. The first-order chi connectivity index (χ1) is 10.7. The third-order valence-corrected chi connectivity index (χ3v) is 4.65. The van der Waals surface area contributed by atoms with Gasteiger partial charge in [-0.15, -0.1) is 11.3 Å². The van der Waals surface area contributed by atoms with Crippen LogP contribution in [0, 0.1) is 0 Å². The molecule has 1 amide bonds. The lowest BCUT2D eigenvalue weighted by atomic mass is 10.1. The molecule has 0 unspecified atom stereocenters. The summed E-state index contributed by atoms with van der Waals surface area (Å²) in [7, 11) is 0. The molecule has 3 rings (SSSR count). The number of nitrogens with zero attached hydrogens (tertiary/aromatic N) is 1. The monoisotopic (exact) mass is 337 g/mol. The van der Waals surface area contributed by atoms with E-state index < -0.39 is 0 Å². The second kappa shape index (κ2) is 6.58. The van der Waals surface area contributed by atoms with Crippen LogP contribution in [0.4, 0.5) is 0 Å². The molecule has 22 heavy (non-hydrogen) atoms. The van der Waals surface area contributed by atoms with Crippen LogP contribution < -0.4 is 9.47 Å². The maximum absolute atomic E-state index is 12.5. The lowest BCUT2D eigenvalue weighted by Gasteiger charge is -2.22. The number of thiophene rings is 1. The number of amides is 1. The molecule has 4 nitrogen and oxygen atoms in total. The minimum absolute atomic E-state index is 0.00529. The first-order valence-corrected chi connectivity index (χ1v) is 8.30. The molecule has 0 aliphatic carbocycles. The van der Waals surface area contributed by atoms with E-state index in [2.05, 4.69) is 0 Å². The number of ether oxygens (including phenoxy) is 2. The number of hydrogen-bond acceptors (Lipinski definition) is 4. The molecule has 0 saturated carbocycles. The Morgan fingerprint density at radius 3 is 2.68 bits per heavy atom. The van der Waals surface area contributed by atoms with Gasteiger partial charge < -0.3 is 14.4 Å². The SMILES string of the molecule is CCN(Cc1ccc2c(c1)OCCO2)C(=O)c1ccc(Cl)s1. The van der Waals surface area contributed by atoms with E-state index in [1.165, 1.54) is 11.3 Å². The van der Waals surface area contributed by atoms with Gasteiger partial charge in [-0.2, -0.15) is 0 Å². The highest BCUT2D eigenvalue weighted by atomic mass is 35.5. The third kappa shape index (κ3) is 3.20. The lowest BCUT2D eigenvalue weighted by molar-refractivity contribution is 0.0757. The van der Waals surface area contributed by atoms with E-state index in [-0.39, 0.29) is 5.91 Å². The van der Waals surface area contributed by atoms with E-state index in [4.69, 9.17) is 21.1 Å². The van der Waals surface area contributed by atoms with Crippen LogP contribution in [0.3, 0.4) is 0 Å². The standard InChI is InChI=1S/C16H16ClNO3S/c1-2-18(16(19)14-5-6-15(17)22-14)10-11-3-4-12-13(9-11)21-8-7-20-12/h3-6,9H,2,7-8,10H2,1H3. The molecule has 1 aromatic carbocycles. The molecule has 116 valence electrons. The summed E-state index contributed by atoms with van der Waals surface area (Å²) < 4.78 is 11.7. The number of benzene rings is 1. The molecule has 0 atom stereocenters. The number of carbonyl (C=O) groups excluding carboxylic acids is 1. The average Bonchev–Trinajstić information content (AvgIpc) is 2.98. The maximum atomic E-state index is 12.5. The highest BCUT2D eigenvalue weighted by Gasteiger charge is 2.18. The van der Waals surface area contributed by atoms with Gasteiger partial charge in [-0.1, -0.05) is 17.7 Å². The third-order valence-electron chi connectivity index (χ3n) is 3.43. The Kier molecular flexibility index (Phi) is 4.55. The van der Waals surface area contributed by atoms with Crippen LogP contribution in [-0.2, 0) is 6.54 Å². The Labute approximate surface area is 138 Å². The van der Waals surface area contributed by atoms with Crippen molar-refractivity contribution in [3.8, 4) is 11.5 Å². The number of rotatable bonds is 4. The Morgan fingerprint density at radius 2 is 2.00 bits per heavy atom. The summed E-state index contributed by atoms with van der Waals surface area (Å²) >= 11 is 7.21. The summed E-state index contributed by atoms with van der Waals surface area (Å²) in [5, 5.41) is 0. The van der Waals surface area contributed by atoms with Crippen molar-refractivity contribution in [3.05, 3.63) is 45.1 Å². The van der Waals surface area contributed by atoms with Crippen LogP contribution in [0.5, 0.6) is 11.5 Å². The van der Waals surface area contributed by atoms with Gasteiger partial charge >= 0.3 is 0 Å². The highest BCUT2D eigenvalue weighted by molar-refractivity contribution is 7.17. The quantitative estimate of drug-likeness (QED) is 0.851. The van der Waals surface area contributed by atoms with E-state index >= 15 is 0 Å². The summed E-state index contributed by atoms with van der Waals surface area (Å²) in [6.07, 6.45) is 0. The van der Waals surface area contributed by atoms with Crippen molar-refractivity contribution in [1.29, 1.82) is 0 Å². The van der Waals surface area contributed by atoms with E-state index in [1.54, 1.807) is 17.0 Å². The normalized spacial score (nSPS) is 13.0. The van der Waals surface area contributed by atoms with Crippen LogP contribution >= 0.6 is 22.9 Å². The zero-order valence-electron chi connectivity index (χ0n) is 12.2. The molecule has 0 spiro atoms. The summed E-state index contributed by atoms with van der Waals surface area (Å²) in [5.74, 6) is 1.50. The smallest absolute Gasteiger partial charge is 0.264 e. The van der Waals surface area contributed by atoms with Crippen molar-refractivity contribution in [2.45, 2.75) is 13.5 Å². The predicted molar refractivity (Wildman–Crippen MR) is 87.2 cm³/mol. The van der Waals surface area contributed by atoms with Crippen LogP contribution in [0.25, 0.3) is 0 Å². The van der Waals surface area contributed by atoms with E-state index in [9.17, 15) is 4.79 Å². The van der Waals surface area contributed by atoms with Crippen molar-refractivity contribution in [2.75, 3.05) is 19.8 Å². The fourth-order valence-corrected chi connectivity index (χ4v) is 3.33. The van der Waals surface area contributed by atoms with Gasteiger partial charge in [0.2, 0.25) is 0 Å². The Bertz CT molecular complexity index is 686. The van der Waals surface area contributed by atoms with Crippen molar-refractivity contribution >= 4 is 28.8 Å². The fourth-order valence-electron chi connectivity index (χ4n) is 2.32. The maximum Gasteiger partial charge on any atom is 0.264 e. The molecule has 1 aliphatic rings. The Hall–Kier alpha value is -1.72. The Balaban J connectivity index is 1.76. The molecule has 0 fully saturated rings. The molecule has 0 saturated heterocycles. The van der Waals surface area contributed by atoms with Gasteiger partial charge in [-0.25, -0.2) is 0 Å². The second-order valence-corrected chi connectivity index (χ2v) is 6.62. The van der Waals surface area contributed by atoms with Gasteiger partial charge in [-0.3, -0.25) is 4.79 Å². The van der Waals surface area contributed by atoms with Crippen LogP contribution in [0.1, 0.15) is 22.2 Å². The number of hydrogen-bond donors (Lipinski definition) is 0. The van der Waals surface area contributed by atoms with Crippen LogP contribution in [-0.4, -0.2) is 30.6 Å². The van der Waals surface area contributed by atoms with Gasteiger partial charge in [0.15, 0.2) is 11.5 Å². The van der Waals surface area contributed by atoms with Gasteiger partial charge in [0.05, 0.1) is 9.21 Å². The molecule has 2 aromatic rings. The minimum atomic E-state index is -0.00529. The largest absolute Gasteiger partial charge is 0.486 e. The minimum Gasteiger partial charge on any atom is -0.486 e. The van der Waals surface area contributed by atoms with E-state index in [0.29, 0.717) is 35.5 Å². The summed E-state index contributed by atoms with van der Waals surface area (Å²) in [6.45, 7) is 4.25. The van der Waals surface area contributed by atoms with Crippen molar-refractivity contribution in [2.24, 2.45) is 0 Å². The molecular formula is C16H16ClNO3S. The zero-order chi connectivity index (χ0) is 15.5. The van der Waals surface area contributed by atoms with E-state index in [1.807, 2.05) is 25.1 Å². The second-order valence-electron chi connectivity index (χ2n) is 4.90. The summed E-state index contributed by atoms with van der Waals surface area (Å²) in [6, 6.07) is 9.31. The first kappa shape index (κ1) is 15.2. The number of halogens is 1. The molecule has 1 aliphatic heterocycles. The van der Waals surface area contributed by atoms with Gasteiger partial charge in [0.25, 0.3) is 5.91 Å². The van der Waals surface area contributed by atoms with Crippen molar-refractivity contribution < 1.29 is 14.3 Å². The molecule has 0 N–H and O–H groups in total. The zero-order valence-corrected chi connectivity index (χ0v) is 13.7. The van der Waals surface area contributed by atoms with Gasteiger partial charge in [-0.05, 0) is 36.8 Å². The van der Waals surface area contributed by atoms with Crippen molar-refractivity contribution in [1.82, 2.24) is 4.90 Å². The molecule has 1 aromatic heterocycles. The molecule has 0 radical (unpaired) electrons. The molecule has 0 bridgehead atoms. The average molecular weight is 338 g/mol. The van der Waals surface area contributed by atoms with E-state index in [0.717, 1.165) is 17.1 Å². The van der Waals surface area contributed by atoms with Crippen LogP contribution in [0.2, 0.25) is 4.34 Å². The molecular weight excluding hydrogens is 322 g/mol. The number of carbonyl (C=O) groups is 1. The van der Waals surface area contributed by atoms with Crippen molar-refractivity contribution in [3.63, 3.8) is 0 Å². The summed E-state index contributed by atoms with van der Waals surface area (Å²) in [5.41, 5.74) is 1.02.